The van der Waals surface area contributed by atoms with Crippen molar-refractivity contribution >= 4 is 5.69 Å². The summed E-state index contributed by atoms with van der Waals surface area (Å²) in [5, 5.41) is 3.50. The van der Waals surface area contributed by atoms with Crippen LogP contribution in [0.3, 0.4) is 0 Å². The molecule has 0 unspecified atom stereocenters. The summed E-state index contributed by atoms with van der Waals surface area (Å²) in [5.41, 5.74) is 5.90. The highest BCUT2D eigenvalue weighted by Crippen LogP contribution is 2.33. The van der Waals surface area contributed by atoms with Crippen molar-refractivity contribution in [1.29, 1.82) is 0 Å². The second-order valence-electron chi connectivity index (χ2n) is 6.60. The fourth-order valence-corrected chi connectivity index (χ4v) is 2.91. The number of hydrogen-bond acceptors (Lipinski definition) is 3. The Kier molecular flexibility index (Phi) is 6.37. The Morgan fingerprint density at radius 1 is 0.815 bits per heavy atom. The van der Waals surface area contributed by atoms with Crippen LogP contribution in [0.1, 0.15) is 29.2 Å². The predicted molar refractivity (Wildman–Crippen MR) is 112 cm³/mol. The van der Waals surface area contributed by atoms with Gasteiger partial charge in [0.15, 0.2) is 11.5 Å². The fourth-order valence-electron chi connectivity index (χ4n) is 2.91. The van der Waals surface area contributed by atoms with Gasteiger partial charge in [0, 0.05) is 17.8 Å². The second-order valence-corrected chi connectivity index (χ2v) is 6.60. The molecule has 0 aliphatic rings. The van der Waals surface area contributed by atoms with Crippen molar-refractivity contribution in [3.05, 3.63) is 89.0 Å². The molecule has 0 aromatic heterocycles. The molecule has 0 heterocycles. The van der Waals surface area contributed by atoms with E-state index in [4.69, 9.17) is 9.47 Å². The lowest BCUT2D eigenvalue weighted by atomic mass is 10.1. The molecule has 3 nitrogen and oxygen atoms in total. The highest BCUT2D eigenvalue weighted by Gasteiger charge is 2.11. The van der Waals surface area contributed by atoms with Gasteiger partial charge in [0.2, 0.25) is 0 Å². The molecule has 140 valence electrons. The van der Waals surface area contributed by atoms with Gasteiger partial charge in [-0.15, -0.1) is 0 Å². The molecule has 0 radical (unpaired) electrons. The molecular weight excluding hydrogens is 334 g/mol. The molecule has 0 aliphatic heterocycles. The third-order valence-electron chi connectivity index (χ3n) is 4.58. The summed E-state index contributed by atoms with van der Waals surface area (Å²) in [6, 6.07) is 22.7. The SMILES string of the molecule is CCOc1cccc(CNc2ccc(C)c(C)c2)c1OCc1ccccc1. The molecule has 3 heteroatoms. The first-order chi connectivity index (χ1) is 13.2. The summed E-state index contributed by atoms with van der Waals surface area (Å²) in [7, 11) is 0. The topological polar surface area (TPSA) is 30.5 Å². The van der Waals surface area contributed by atoms with Gasteiger partial charge in [-0.2, -0.15) is 0 Å². The maximum absolute atomic E-state index is 6.17. The van der Waals surface area contributed by atoms with E-state index >= 15 is 0 Å². The second kappa shape index (κ2) is 9.13. The van der Waals surface area contributed by atoms with Crippen molar-refractivity contribution in [2.24, 2.45) is 0 Å². The van der Waals surface area contributed by atoms with E-state index in [0.29, 0.717) is 19.8 Å². The van der Waals surface area contributed by atoms with Gasteiger partial charge in [0.25, 0.3) is 0 Å². The van der Waals surface area contributed by atoms with Crippen molar-refractivity contribution < 1.29 is 9.47 Å². The van der Waals surface area contributed by atoms with E-state index in [0.717, 1.165) is 28.3 Å². The van der Waals surface area contributed by atoms with E-state index in [1.54, 1.807) is 0 Å². The molecule has 3 rings (SSSR count). The molecule has 0 aliphatic carbocycles. The molecule has 0 spiro atoms. The third-order valence-corrected chi connectivity index (χ3v) is 4.58. The van der Waals surface area contributed by atoms with Crippen LogP contribution in [-0.4, -0.2) is 6.61 Å². The quantitative estimate of drug-likeness (QED) is 0.542. The Morgan fingerprint density at radius 2 is 1.63 bits per heavy atom. The van der Waals surface area contributed by atoms with Gasteiger partial charge in [-0.05, 0) is 55.7 Å². The molecule has 0 saturated heterocycles. The standard InChI is InChI=1S/C24H27NO2/c1-4-26-23-12-8-11-21(16-25-22-14-13-18(2)19(3)15-22)24(23)27-17-20-9-6-5-7-10-20/h5-15,25H,4,16-17H2,1-3H3. The van der Waals surface area contributed by atoms with Gasteiger partial charge in [-0.25, -0.2) is 0 Å². The molecule has 3 aromatic carbocycles. The van der Waals surface area contributed by atoms with Crippen molar-refractivity contribution in [2.45, 2.75) is 33.9 Å². The zero-order chi connectivity index (χ0) is 19.1. The van der Waals surface area contributed by atoms with Gasteiger partial charge in [0.1, 0.15) is 6.61 Å². The maximum atomic E-state index is 6.17. The van der Waals surface area contributed by atoms with E-state index in [2.05, 4.69) is 55.6 Å². The summed E-state index contributed by atoms with van der Waals surface area (Å²) >= 11 is 0. The smallest absolute Gasteiger partial charge is 0.166 e. The summed E-state index contributed by atoms with van der Waals surface area (Å²) in [6.45, 7) is 8.04. The van der Waals surface area contributed by atoms with Crippen molar-refractivity contribution in [2.75, 3.05) is 11.9 Å². The Labute approximate surface area is 162 Å². The van der Waals surface area contributed by atoms with E-state index in [-0.39, 0.29) is 0 Å². The molecule has 0 fully saturated rings. The number of rotatable bonds is 8. The lowest BCUT2D eigenvalue weighted by Crippen LogP contribution is -2.06. The largest absolute Gasteiger partial charge is 0.490 e. The van der Waals surface area contributed by atoms with Crippen LogP contribution < -0.4 is 14.8 Å². The van der Waals surface area contributed by atoms with Crippen LogP contribution in [0.5, 0.6) is 11.5 Å². The van der Waals surface area contributed by atoms with Crippen molar-refractivity contribution in [3.8, 4) is 11.5 Å². The maximum Gasteiger partial charge on any atom is 0.166 e. The zero-order valence-electron chi connectivity index (χ0n) is 16.3. The number of benzene rings is 3. The van der Waals surface area contributed by atoms with Crippen molar-refractivity contribution in [3.63, 3.8) is 0 Å². The number of anilines is 1. The van der Waals surface area contributed by atoms with Crippen LogP contribution >= 0.6 is 0 Å². The Hall–Kier alpha value is -2.94. The van der Waals surface area contributed by atoms with E-state index in [1.165, 1.54) is 11.1 Å². The van der Waals surface area contributed by atoms with Gasteiger partial charge in [0.05, 0.1) is 6.61 Å². The van der Waals surface area contributed by atoms with E-state index in [9.17, 15) is 0 Å². The molecule has 27 heavy (non-hydrogen) atoms. The molecule has 0 bridgehead atoms. The van der Waals surface area contributed by atoms with Crippen LogP contribution in [-0.2, 0) is 13.2 Å². The monoisotopic (exact) mass is 361 g/mol. The number of aryl methyl sites for hydroxylation is 2. The minimum Gasteiger partial charge on any atom is -0.490 e. The predicted octanol–water partition coefficient (Wildman–Crippen LogP) is 5.89. The average molecular weight is 361 g/mol. The molecule has 3 aromatic rings. The van der Waals surface area contributed by atoms with E-state index < -0.39 is 0 Å². The Balaban J connectivity index is 1.78. The molecule has 0 saturated carbocycles. The number of nitrogens with one attached hydrogen (secondary N) is 1. The highest BCUT2D eigenvalue weighted by atomic mass is 16.5. The third kappa shape index (κ3) is 5.04. The summed E-state index contributed by atoms with van der Waals surface area (Å²) in [4.78, 5) is 0. The van der Waals surface area contributed by atoms with Crippen LogP contribution in [0.25, 0.3) is 0 Å². The summed E-state index contributed by atoms with van der Waals surface area (Å²) < 4.78 is 12.0. The van der Waals surface area contributed by atoms with Crippen LogP contribution in [0.4, 0.5) is 5.69 Å². The first-order valence-electron chi connectivity index (χ1n) is 9.40. The Bertz CT molecular complexity index is 875. The number of ether oxygens (including phenoxy) is 2. The first kappa shape index (κ1) is 18.8. The summed E-state index contributed by atoms with van der Waals surface area (Å²) in [6.07, 6.45) is 0. The Morgan fingerprint density at radius 3 is 2.37 bits per heavy atom. The number of para-hydroxylation sites is 1. The molecule has 1 N–H and O–H groups in total. The molecule has 0 atom stereocenters. The molecule has 0 amide bonds. The first-order valence-corrected chi connectivity index (χ1v) is 9.40. The van der Waals surface area contributed by atoms with Gasteiger partial charge >= 0.3 is 0 Å². The zero-order valence-corrected chi connectivity index (χ0v) is 16.3. The van der Waals surface area contributed by atoms with Gasteiger partial charge in [-0.3, -0.25) is 0 Å². The summed E-state index contributed by atoms with van der Waals surface area (Å²) in [5.74, 6) is 1.59. The highest BCUT2D eigenvalue weighted by molar-refractivity contribution is 5.52. The number of hydrogen-bond donors (Lipinski definition) is 1. The fraction of sp³-hybridized carbons (Fsp3) is 0.250. The lowest BCUT2D eigenvalue weighted by Gasteiger charge is -2.17. The van der Waals surface area contributed by atoms with Crippen LogP contribution in [0, 0.1) is 13.8 Å². The van der Waals surface area contributed by atoms with Gasteiger partial charge in [-0.1, -0.05) is 48.5 Å². The normalized spacial score (nSPS) is 10.5. The molecular formula is C24H27NO2. The lowest BCUT2D eigenvalue weighted by molar-refractivity contribution is 0.267. The minimum absolute atomic E-state index is 0.515. The average Bonchev–Trinajstić information content (AvgIpc) is 2.69. The van der Waals surface area contributed by atoms with E-state index in [1.807, 2.05) is 37.3 Å². The van der Waals surface area contributed by atoms with Gasteiger partial charge < -0.3 is 14.8 Å². The van der Waals surface area contributed by atoms with Crippen LogP contribution in [0.2, 0.25) is 0 Å². The van der Waals surface area contributed by atoms with Crippen LogP contribution in [0.15, 0.2) is 66.7 Å². The van der Waals surface area contributed by atoms with Crippen molar-refractivity contribution in [1.82, 2.24) is 0 Å². The minimum atomic E-state index is 0.515.